The van der Waals surface area contributed by atoms with Crippen LogP contribution in [0.15, 0.2) is 23.8 Å². The summed E-state index contributed by atoms with van der Waals surface area (Å²) < 4.78 is 11.8. The Morgan fingerprint density at radius 2 is 1.95 bits per heavy atom. The van der Waals surface area contributed by atoms with E-state index in [2.05, 4.69) is 4.98 Å². The van der Waals surface area contributed by atoms with Gasteiger partial charge in [-0.1, -0.05) is 23.7 Å². The van der Waals surface area contributed by atoms with E-state index < -0.39 is 18.3 Å². The van der Waals surface area contributed by atoms with Gasteiger partial charge >= 0.3 is 7.12 Å². The summed E-state index contributed by atoms with van der Waals surface area (Å²) in [5, 5.41) is 9.97. The Morgan fingerprint density at radius 3 is 2.45 bits per heavy atom. The molecule has 0 atom stereocenters. The standard InChI is InChI=1S/C14H19BClNO3/c1-13(2)14(3,4)20-15(19-13)11(9-18)8-10-6-5-7-17-12(10)16/h5-8,18H,9H2,1-4H3. The van der Waals surface area contributed by atoms with Gasteiger partial charge in [-0.2, -0.15) is 0 Å². The summed E-state index contributed by atoms with van der Waals surface area (Å²) in [4.78, 5) is 4.01. The fourth-order valence-corrected chi connectivity index (χ4v) is 2.06. The van der Waals surface area contributed by atoms with Gasteiger partial charge in [-0.3, -0.25) is 0 Å². The smallest absolute Gasteiger partial charge is 0.400 e. The summed E-state index contributed by atoms with van der Waals surface area (Å²) in [6.45, 7) is 7.72. The highest BCUT2D eigenvalue weighted by Gasteiger charge is 2.52. The van der Waals surface area contributed by atoms with Crippen molar-refractivity contribution in [2.75, 3.05) is 6.61 Å². The molecule has 0 spiro atoms. The van der Waals surface area contributed by atoms with E-state index in [0.717, 1.165) is 5.56 Å². The van der Waals surface area contributed by atoms with E-state index in [-0.39, 0.29) is 6.61 Å². The largest absolute Gasteiger partial charge is 0.492 e. The van der Waals surface area contributed by atoms with Crippen molar-refractivity contribution in [3.05, 3.63) is 34.5 Å². The molecule has 0 radical (unpaired) electrons. The molecule has 0 amide bonds. The molecule has 1 aliphatic rings. The average Bonchev–Trinajstić information content (AvgIpc) is 2.57. The van der Waals surface area contributed by atoms with Crippen molar-refractivity contribution in [1.29, 1.82) is 0 Å². The first kappa shape index (κ1) is 15.5. The van der Waals surface area contributed by atoms with Gasteiger partial charge in [-0.25, -0.2) is 4.98 Å². The summed E-state index contributed by atoms with van der Waals surface area (Å²) in [6, 6.07) is 3.62. The quantitative estimate of drug-likeness (QED) is 0.688. The van der Waals surface area contributed by atoms with E-state index >= 15 is 0 Å². The van der Waals surface area contributed by atoms with E-state index in [4.69, 9.17) is 20.9 Å². The summed E-state index contributed by atoms with van der Waals surface area (Å²) >= 11 is 6.03. The van der Waals surface area contributed by atoms with E-state index in [0.29, 0.717) is 10.6 Å². The lowest BCUT2D eigenvalue weighted by Gasteiger charge is -2.32. The molecule has 108 valence electrons. The monoisotopic (exact) mass is 295 g/mol. The van der Waals surface area contributed by atoms with Gasteiger partial charge in [0.25, 0.3) is 0 Å². The molecule has 2 heterocycles. The molecule has 0 unspecified atom stereocenters. The van der Waals surface area contributed by atoms with Gasteiger partial charge in [0.2, 0.25) is 0 Å². The minimum atomic E-state index is -0.582. The van der Waals surface area contributed by atoms with E-state index in [1.54, 1.807) is 18.3 Å². The second kappa shape index (κ2) is 5.49. The Kier molecular flexibility index (Phi) is 4.26. The predicted molar refractivity (Wildman–Crippen MR) is 80.4 cm³/mol. The Hall–Kier alpha value is -0.875. The molecule has 1 aliphatic heterocycles. The Bertz CT molecular complexity index is 515. The maximum absolute atomic E-state index is 9.59. The van der Waals surface area contributed by atoms with Crippen LogP contribution in [0.2, 0.25) is 5.15 Å². The van der Waals surface area contributed by atoms with Crippen LogP contribution in [-0.2, 0) is 9.31 Å². The second-order valence-corrected chi connectivity index (χ2v) is 6.21. The first-order valence-corrected chi connectivity index (χ1v) is 6.92. The average molecular weight is 296 g/mol. The third-order valence-corrected chi connectivity index (χ3v) is 4.18. The molecule has 2 rings (SSSR count). The van der Waals surface area contributed by atoms with Crippen LogP contribution in [0.5, 0.6) is 0 Å². The number of rotatable bonds is 3. The fourth-order valence-electron chi connectivity index (χ4n) is 1.89. The normalized spacial score (nSPS) is 21.3. The minimum absolute atomic E-state index is 0.165. The van der Waals surface area contributed by atoms with Crippen molar-refractivity contribution in [3.8, 4) is 0 Å². The summed E-state index contributed by atoms with van der Waals surface area (Å²) in [6.07, 6.45) is 3.38. The number of aromatic nitrogens is 1. The molecule has 1 fully saturated rings. The summed E-state index contributed by atoms with van der Waals surface area (Å²) in [7, 11) is -0.582. The van der Waals surface area contributed by atoms with Gasteiger partial charge in [0, 0.05) is 11.8 Å². The number of halogens is 1. The fraction of sp³-hybridized carbons (Fsp3) is 0.500. The molecule has 1 aromatic heterocycles. The van der Waals surface area contributed by atoms with Gasteiger partial charge in [-0.15, -0.1) is 0 Å². The number of aliphatic hydroxyl groups excluding tert-OH is 1. The maximum Gasteiger partial charge on any atom is 0.492 e. The van der Waals surface area contributed by atoms with Crippen molar-refractivity contribution < 1.29 is 14.4 Å². The molecule has 6 heteroatoms. The molecule has 1 aromatic rings. The molecule has 0 aliphatic carbocycles. The third kappa shape index (κ3) is 2.91. The lowest BCUT2D eigenvalue weighted by Crippen LogP contribution is -2.41. The van der Waals surface area contributed by atoms with Crippen molar-refractivity contribution >= 4 is 24.8 Å². The van der Waals surface area contributed by atoms with Gasteiger partial charge < -0.3 is 14.4 Å². The number of pyridine rings is 1. The summed E-state index contributed by atoms with van der Waals surface area (Å²) in [5.41, 5.74) is 0.474. The Morgan fingerprint density at radius 1 is 1.35 bits per heavy atom. The number of hydrogen-bond donors (Lipinski definition) is 1. The number of hydrogen-bond acceptors (Lipinski definition) is 4. The maximum atomic E-state index is 9.59. The van der Waals surface area contributed by atoms with Crippen LogP contribution >= 0.6 is 11.6 Å². The van der Waals surface area contributed by atoms with Crippen molar-refractivity contribution in [1.82, 2.24) is 4.98 Å². The first-order chi connectivity index (χ1) is 9.27. The van der Waals surface area contributed by atoms with Crippen molar-refractivity contribution in [3.63, 3.8) is 0 Å². The summed E-state index contributed by atoms with van der Waals surface area (Å²) in [5.74, 6) is 0. The highest BCUT2D eigenvalue weighted by Crippen LogP contribution is 2.38. The van der Waals surface area contributed by atoms with Gasteiger partial charge in [-0.05, 0) is 39.2 Å². The zero-order valence-electron chi connectivity index (χ0n) is 12.2. The third-order valence-electron chi connectivity index (χ3n) is 3.87. The van der Waals surface area contributed by atoms with Crippen LogP contribution in [0.3, 0.4) is 0 Å². The minimum Gasteiger partial charge on any atom is -0.400 e. The lowest BCUT2D eigenvalue weighted by atomic mass is 9.77. The first-order valence-electron chi connectivity index (χ1n) is 6.54. The number of aliphatic hydroxyl groups is 1. The molecule has 20 heavy (non-hydrogen) atoms. The van der Waals surface area contributed by atoms with E-state index in [9.17, 15) is 5.11 Å². The number of nitrogens with zero attached hydrogens (tertiary/aromatic N) is 1. The lowest BCUT2D eigenvalue weighted by molar-refractivity contribution is 0.00578. The molecule has 4 nitrogen and oxygen atoms in total. The Labute approximate surface area is 124 Å². The zero-order valence-corrected chi connectivity index (χ0v) is 12.9. The predicted octanol–water partition coefficient (Wildman–Crippen LogP) is 2.74. The van der Waals surface area contributed by atoms with Gasteiger partial charge in [0.15, 0.2) is 0 Å². The zero-order chi connectivity index (χ0) is 15.0. The van der Waals surface area contributed by atoms with E-state index in [1.165, 1.54) is 0 Å². The van der Waals surface area contributed by atoms with Crippen LogP contribution in [0.25, 0.3) is 6.08 Å². The molecular weight excluding hydrogens is 276 g/mol. The molecule has 0 aromatic carbocycles. The van der Waals surface area contributed by atoms with Crippen LogP contribution in [0.4, 0.5) is 0 Å². The van der Waals surface area contributed by atoms with Crippen molar-refractivity contribution in [2.45, 2.75) is 38.9 Å². The van der Waals surface area contributed by atoms with E-state index in [1.807, 2.05) is 33.8 Å². The molecule has 1 N–H and O–H groups in total. The van der Waals surface area contributed by atoms with Gasteiger partial charge in [0.05, 0.1) is 17.8 Å². The Balaban J connectivity index is 2.29. The second-order valence-electron chi connectivity index (χ2n) is 5.85. The molecule has 1 saturated heterocycles. The molecule has 0 saturated carbocycles. The van der Waals surface area contributed by atoms with Crippen molar-refractivity contribution in [2.24, 2.45) is 0 Å². The topological polar surface area (TPSA) is 51.6 Å². The van der Waals surface area contributed by atoms with Crippen LogP contribution < -0.4 is 0 Å². The van der Waals surface area contributed by atoms with Crippen LogP contribution in [-0.4, -0.2) is 35.0 Å². The highest BCUT2D eigenvalue weighted by molar-refractivity contribution is 6.56. The highest BCUT2D eigenvalue weighted by atomic mass is 35.5. The van der Waals surface area contributed by atoms with Crippen LogP contribution in [0.1, 0.15) is 33.3 Å². The SMILES string of the molecule is CC1(C)OB(C(=Cc2cccnc2Cl)CO)OC1(C)C. The molecular formula is C14H19BClNO3. The van der Waals surface area contributed by atoms with Gasteiger partial charge in [0.1, 0.15) is 5.15 Å². The molecule has 0 bridgehead atoms. The van der Waals surface area contributed by atoms with Crippen LogP contribution in [0, 0.1) is 0 Å².